The summed E-state index contributed by atoms with van der Waals surface area (Å²) < 4.78 is 0. The Kier molecular flexibility index (Phi) is 6.08. The van der Waals surface area contributed by atoms with Crippen molar-refractivity contribution < 1.29 is 4.79 Å². The van der Waals surface area contributed by atoms with Crippen LogP contribution in [0, 0.1) is 0 Å². The van der Waals surface area contributed by atoms with Crippen molar-refractivity contribution in [2.75, 3.05) is 11.6 Å². The molecule has 3 N–H and O–H groups in total. The summed E-state index contributed by atoms with van der Waals surface area (Å²) >= 11 is 1.69. The van der Waals surface area contributed by atoms with Crippen LogP contribution >= 0.6 is 11.8 Å². The Balaban J connectivity index is 2.34. The lowest BCUT2D eigenvalue weighted by Gasteiger charge is -2.07. The predicted molar refractivity (Wildman–Crippen MR) is 74.4 cm³/mol. The van der Waals surface area contributed by atoms with Gasteiger partial charge in [-0.2, -0.15) is 0 Å². The Morgan fingerprint density at radius 2 is 2.06 bits per heavy atom. The first kappa shape index (κ1) is 14.1. The van der Waals surface area contributed by atoms with Crippen LogP contribution in [0.4, 0.5) is 5.69 Å². The maximum absolute atomic E-state index is 11.6. The van der Waals surface area contributed by atoms with Crippen LogP contribution in [0.2, 0.25) is 0 Å². The first-order valence-electron chi connectivity index (χ1n) is 5.81. The molecule has 1 amide bonds. The van der Waals surface area contributed by atoms with E-state index >= 15 is 0 Å². The zero-order valence-electron chi connectivity index (χ0n) is 10.4. The number of hydrogen-bond acceptors (Lipinski definition) is 3. The van der Waals surface area contributed by atoms with Gasteiger partial charge in [-0.1, -0.05) is 0 Å². The minimum atomic E-state index is 0.0579. The highest BCUT2D eigenvalue weighted by Crippen LogP contribution is 2.17. The number of nitrogens with two attached hydrogens (primary N) is 1. The van der Waals surface area contributed by atoms with Crippen molar-refractivity contribution >= 4 is 23.4 Å². The largest absolute Gasteiger partial charge is 0.328 e. The van der Waals surface area contributed by atoms with E-state index in [2.05, 4.69) is 5.32 Å². The number of benzene rings is 1. The fourth-order valence-corrected chi connectivity index (χ4v) is 1.89. The molecule has 1 unspecified atom stereocenters. The highest BCUT2D eigenvalue weighted by Gasteiger charge is 2.03. The molecule has 0 heterocycles. The van der Waals surface area contributed by atoms with Crippen molar-refractivity contribution in [3.8, 4) is 0 Å². The maximum Gasteiger partial charge on any atom is 0.224 e. The van der Waals surface area contributed by atoms with Gasteiger partial charge in [0.05, 0.1) is 0 Å². The minimum absolute atomic E-state index is 0.0579. The summed E-state index contributed by atoms with van der Waals surface area (Å²) in [7, 11) is 0. The van der Waals surface area contributed by atoms with Gasteiger partial charge in [0.1, 0.15) is 0 Å². The monoisotopic (exact) mass is 252 g/mol. The van der Waals surface area contributed by atoms with Gasteiger partial charge in [-0.15, -0.1) is 11.8 Å². The number of anilines is 1. The third-order valence-electron chi connectivity index (χ3n) is 2.44. The Labute approximate surface area is 107 Å². The van der Waals surface area contributed by atoms with Crippen molar-refractivity contribution in [3.63, 3.8) is 0 Å². The molecule has 3 nitrogen and oxygen atoms in total. The van der Waals surface area contributed by atoms with Crippen LogP contribution in [0.5, 0.6) is 0 Å². The molecule has 0 fully saturated rings. The highest BCUT2D eigenvalue weighted by atomic mass is 32.2. The van der Waals surface area contributed by atoms with E-state index in [1.54, 1.807) is 11.8 Å². The van der Waals surface area contributed by atoms with E-state index in [1.165, 1.54) is 4.90 Å². The Hall–Kier alpha value is -1.00. The lowest BCUT2D eigenvalue weighted by atomic mass is 10.1. The number of thioether (sulfide) groups is 1. The molecular weight excluding hydrogens is 232 g/mol. The third-order valence-corrected chi connectivity index (χ3v) is 3.18. The molecule has 0 aliphatic heterocycles. The normalized spacial score (nSPS) is 12.2. The summed E-state index contributed by atoms with van der Waals surface area (Å²) in [5.41, 5.74) is 6.48. The zero-order chi connectivity index (χ0) is 12.7. The standard InChI is InChI=1S/C13H20N2OS/c1-10(14)4-3-5-13(16)15-11-6-8-12(17-2)9-7-11/h6-10H,3-5,14H2,1-2H3,(H,15,16). The SMILES string of the molecule is CSc1ccc(NC(=O)CCCC(C)N)cc1. The van der Waals surface area contributed by atoms with Crippen molar-refractivity contribution in [1.82, 2.24) is 0 Å². The van der Waals surface area contributed by atoms with Crippen LogP contribution in [0.15, 0.2) is 29.2 Å². The molecule has 1 aromatic carbocycles. The van der Waals surface area contributed by atoms with Gasteiger partial charge >= 0.3 is 0 Å². The molecule has 4 heteroatoms. The first-order chi connectivity index (χ1) is 8.11. The fourth-order valence-electron chi connectivity index (χ4n) is 1.48. The summed E-state index contributed by atoms with van der Waals surface area (Å²) in [6, 6.07) is 8.03. The number of rotatable bonds is 6. The van der Waals surface area contributed by atoms with E-state index in [9.17, 15) is 4.79 Å². The van der Waals surface area contributed by atoms with Crippen molar-refractivity contribution in [1.29, 1.82) is 0 Å². The summed E-state index contributed by atoms with van der Waals surface area (Å²) in [4.78, 5) is 12.8. The quantitative estimate of drug-likeness (QED) is 0.765. The second kappa shape index (κ2) is 7.35. The molecule has 0 aromatic heterocycles. The molecule has 0 aliphatic rings. The van der Waals surface area contributed by atoms with Crippen LogP contribution in [0.3, 0.4) is 0 Å². The van der Waals surface area contributed by atoms with Gasteiger partial charge in [0.2, 0.25) is 5.91 Å². The molecule has 0 bridgehead atoms. The molecule has 0 aliphatic carbocycles. The highest BCUT2D eigenvalue weighted by molar-refractivity contribution is 7.98. The van der Waals surface area contributed by atoms with Gasteiger partial charge in [0.15, 0.2) is 0 Å². The molecule has 17 heavy (non-hydrogen) atoms. The fraction of sp³-hybridized carbons (Fsp3) is 0.462. The van der Waals surface area contributed by atoms with E-state index in [0.29, 0.717) is 6.42 Å². The second-order valence-corrected chi connectivity index (χ2v) is 5.03. The van der Waals surface area contributed by atoms with Crippen LogP contribution in [0.25, 0.3) is 0 Å². The minimum Gasteiger partial charge on any atom is -0.328 e. The van der Waals surface area contributed by atoms with E-state index in [-0.39, 0.29) is 11.9 Å². The Bertz CT molecular complexity index is 349. The predicted octanol–water partition coefficient (Wildman–Crippen LogP) is 2.86. The van der Waals surface area contributed by atoms with Crippen LogP contribution < -0.4 is 11.1 Å². The third kappa shape index (κ3) is 5.75. The van der Waals surface area contributed by atoms with E-state index in [0.717, 1.165) is 18.5 Å². The van der Waals surface area contributed by atoms with Crippen LogP contribution in [-0.2, 0) is 4.79 Å². The molecule has 0 spiro atoms. The molecule has 94 valence electrons. The van der Waals surface area contributed by atoms with Crippen molar-refractivity contribution in [2.24, 2.45) is 5.73 Å². The number of carbonyl (C=O) groups is 1. The molecule has 1 aromatic rings. The first-order valence-corrected chi connectivity index (χ1v) is 7.04. The molecule has 1 rings (SSSR count). The Morgan fingerprint density at radius 1 is 1.41 bits per heavy atom. The number of carbonyl (C=O) groups excluding carboxylic acids is 1. The summed E-state index contributed by atoms with van der Waals surface area (Å²) in [5.74, 6) is 0.0579. The topological polar surface area (TPSA) is 55.1 Å². The lowest BCUT2D eigenvalue weighted by molar-refractivity contribution is -0.116. The van der Waals surface area contributed by atoms with Gasteiger partial charge < -0.3 is 11.1 Å². The number of hydrogen-bond donors (Lipinski definition) is 2. The van der Waals surface area contributed by atoms with Gasteiger partial charge in [-0.3, -0.25) is 4.79 Å². The van der Waals surface area contributed by atoms with Crippen LogP contribution in [-0.4, -0.2) is 18.2 Å². The van der Waals surface area contributed by atoms with E-state index in [1.807, 2.05) is 37.4 Å². The molecule has 1 atom stereocenters. The molecule has 0 saturated carbocycles. The average Bonchev–Trinajstić information content (AvgIpc) is 2.29. The molecule has 0 radical (unpaired) electrons. The number of amides is 1. The maximum atomic E-state index is 11.6. The lowest BCUT2D eigenvalue weighted by Crippen LogP contribution is -2.16. The second-order valence-electron chi connectivity index (χ2n) is 4.15. The summed E-state index contributed by atoms with van der Waals surface area (Å²) in [6.07, 6.45) is 4.29. The van der Waals surface area contributed by atoms with Crippen LogP contribution in [0.1, 0.15) is 26.2 Å². The van der Waals surface area contributed by atoms with Gasteiger partial charge in [-0.25, -0.2) is 0 Å². The average molecular weight is 252 g/mol. The zero-order valence-corrected chi connectivity index (χ0v) is 11.2. The van der Waals surface area contributed by atoms with Gasteiger partial charge in [0, 0.05) is 23.0 Å². The van der Waals surface area contributed by atoms with Gasteiger partial charge in [0.25, 0.3) is 0 Å². The smallest absolute Gasteiger partial charge is 0.224 e. The number of nitrogens with one attached hydrogen (secondary N) is 1. The van der Waals surface area contributed by atoms with E-state index < -0.39 is 0 Å². The Morgan fingerprint density at radius 3 is 2.59 bits per heavy atom. The van der Waals surface area contributed by atoms with Gasteiger partial charge in [-0.05, 0) is 50.3 Å². The molecule has 0 saturated heterocycles. The van der Waals surface area contributed by atoms with Crippen molar-refractivity contribution in [3.05, 3.63) is 24.3 Å². The van der Waals surface area contributed by atoms with E-state index in [4.69, 9.17) is 5.73 Å². The summed E-state index contributed by atoms with van der Waals surface area (Å²) in [5, 5.41) is 2.88. The summed E-state index contributed by atoms with van der Waals surface area (Å²) in [6.45, 7) is 1.96. The molecular formula is C13H20N2OS. The van der Waals surface area contributed by atoms with Crippen molar-refractivity contribution in [2.45, 2.75) is 37.1 Å².